The van der Waals surface area contributed by atoms with E-state index in [9.17, 15) is 9.59 Å². The highest BCUT2D eigenvalue weighted by Gasteiger charge is 2.29. The van der Waals surface area contributed by atoms with E-state index in [-0.39, 0.29) is 11.8 Å². The third kappa shape index (κ3) is 4.01. The number of rotatable bonds is 5. The molecule has 0 N–H and O–H groups in total. The molecule has 2 saturated heterocycles. The predicted molar refractivity (Wildman–Crippen MR) is 120 cm³/mol. The van der Waals surface area contributed by atoms with Crippen molar-refractivity contribution in [3.8, 4) is 11.3 Å². The Hall–Kier alpha value is -3.32. The van der Waals surface area contributed by atoms with Gasteiger partial charge < -0.3 is 4.90 Å². The van der Waals surface area contributed by atoms with Gasteiger partial charge in [0.1, 0.15) is 0 Å². The van der Waals surface area contributed by atoms with Crippen molar-refractivity contribution in [2.24, 2.45) is 0 Å². The molecule has 3 aromatic rings. The molecule has 7 heteroatoms. The largest absolute Gasteiger partial charge is 0.338 e. The van der Waals surface area contributed by atoms with E-state index in [1.165, 1.54) is 4.90 Å². The first kappa shape index (κ1) is 19.6. The maximum atomic E-state index is 11.8. The zero-order valence-electron chi connectivity index (χ0n) is 17.4. The van der Waals surface area contributed by atoms with Crippen LogP contribution in [0.15, 0.2) is 54.6 Å². The number of hydrogen-bond donors (Lipinski definition) is 0. The van der Waals surface area contributed by atoms with Gasteiger partial charge in [-0.1, -0.05) is 48.5 Å². The van der Waals surface area contributed by atoms with Crippen LogP contribution >= 0.6 is 0 Å². The van der Waals surface area contributed by atoms with E-state index < -0.39 is 0 Å². The molecule has 0 aliphatic carbocycles. The highest BCUT2D eigenvalue weighted by Crippen LogP contribution is 2.28. The molecular weight excluding hydrogens is 390 g/mol. The Morgan fingerprint density at radius 3 is 2.16 bits per heavy atom. The Bertz CT molecular complexity index is 1090. The van der Waals surface area contributed by atoms with Gasteiger partial charge in [0, 0.05) is 63.1 Å². The van der Waals surface area contributed by atoms with Crippen LogP contribution in [0.25, 0.3) is 22.2 Å². The third-order valence-electron chi connectivity index (χ3n) is 6.09. The average Bonchev–Trinajstić information content (AvgIpc) is 3.15. The van der Waals surface area contributed by atoms with Crippen LogP contribution in [0.3, 0.4) is 0 Å². The lowest BCUT2D eigenvalue weighted by atomic mass is 10.1. The Balaban J connectivity index is 1.31. The summed E-state index contributed by atoms with van der Waals surface area (Å²) in [5, 5.41) is 1.05. The Morgan fingerprint density at radius 1 is 0.742 bits per heavy atom. The molecule has 0 spiro atoms. The number of amides is 2. The molecule has 2 amide bonds. The summed E-state index contributed by atoms with van der Waals surface area (Å²) >= 11 is 0. The lowest BCUT2D eigenvalue weighted by molar-refractivity contribution is -0.138. The number of anilines is 1. The van der Waals surface area contributed by atoms with E-state index in [4.69, 9.17) is 9.97 Å². The number of imide groups is 1. The fourth-order valence-electron chi connectivity index (χ4n) is 4.31. The van der Waals surface area contributed by atoms with E-state index in [1.54, 1.807) is 0 Å². The van der Waals surface area contributed by atoms with E-state index >= 15 is 0 Å². The monoisotopic (exact) mass is 415 g/mol. The number of para-hydroxylation sites is 1. The molecule has 0 bridgehead atoms. The number of nitrogens with zero attached hydrogens (tertiary/aromatic N) is 5. The number of fused-ring (bicyclic) bond motifs is 1. The van der Waals surface area contributed by atoms with Crippen molar-refractivity contribution in [2.45, 2.75) is 12.8 Å². The molecule has 3 heterocycles. The van der Waals surface area contributed by atoms with E-state index in [0.29, 0.717) is 19.4 Å². The van der Waals surface area contributed by atoms with E-state index in [0.717, 1.165) is 60.8 Å². The van der Waals surface area contributed by atoms with Gasteiger partial charge in [0.05, 0.1) is 11.2 Å². The molecule has 0 radical (unpaired) electrons. The zero-order chi connectivity index (χ0) is 21.2. The van der Waals surface area contributed by atoms with Crippen LogP contribution in [0, 0.1) is 0 Å². The number of carbonyl (C=O) groups excluding carboxylic acids is 2. The van der Waals surface area contributed by atoms with Crippen molar-refractivity contribution in [3.63, 3.8) is 0 Å². The Labute approximate surface area is 181 Å². The predicted octanol–water partition coefficient (Wildman–Crippen LogP) is 2.57. The average molecular weight is 415 g/mol. The standard InChI is InChI=1S/C24H25N5O2/c30-21-10-11-22(31)29(21)17-14-27-12-15-28(16-13-27)24-25-20-9-5-4-8-19(20)23(26-24)18-6-2-1-3-7-18/h1-9H,10-17H2. The second kappa shape index (κ2) is 8.43. The fourth-order valence-corrected chi connectivity index (χ4v) is 4.31. The van der Waals surface area contributed by atoms with E-state index in [2.05, 4.69) is 28.0 Å². The maximum Gasteiger partial charge on any atom is 0.229 e. The number of piperazine rings is 1. The number of hydrogen-bond acceptors (Lipinski definition) is 6. The summed E-state index contributed by atoms with van der Waals surface area (Å²) in [6, 6.07) is 18.4. The van der Waals surface area contributed by atoms with E-state index in [1.807, 2.05) is 36.4 Å². The van der Waals surface area contributed by atoms with Crippen LogP contribution in [0.1, 0.15) is 12.8 Å². The van der Waals surface area contributed by atoms with Gasteiger partial charge in [0.25, 0.3) is 0 Å². The summed E-state index contributed by atoms with van der Waals surface area (Å²) in [6.45, 7) is 4.55. The summed E-state index contributed by atoms with van der Waals surface area (Å²) in [7, 11) is 0. The minimum absolute atomic E-state index is 0.0401. The quantitative estimate of drug-likeness (QED) is 0.597. The molecule has 158 valence electrons. The first-order valence-electron chi connectivity index (χ1n) is 10.8. The van der Waals surface area contributed by atoms with Crippen LogP contribution in [0.2, 0.25) is 0 Å². The molecule has 7 nitrogen and oxygen atoms in total. The third-order valence-corrected chi connectivity index (χ3v) is 6.09. The molecule has 31 heavy (non-hydrogen) atoms. The van der Waals surface area contributed by atoms with Crippen molar-refractivity contribution in [1.82, 2.24) is 19.8 Å². The molecule has 0 saturated carbocycles. The topological polar surface area (TPSA) is 69.6 Å². The molecule has 2 aliphatic rings. The molecule has 0 unspecified atom stereocenters. The lowest BCUT2D eigenvalue weighted by Crippen LogP contribution is -2.49. The van der Waals surface area contributed by atoms with Gasteiger partial charge in [-0.25, -0.2) is 9.97 Å². The molecule has 2 aliphatic heterocycles. The summed E-state index contributed by atoms with van der Waals surface area (Å²) < 4.78 is 0. The van der Waals surface area contributed by atoms with Gasteiger partial charge in [-0.2, -0.15) is 0 Å². The minimum Gasteiger partial charge on any atom is -0.338 e. The summed E-state index contributed by atoms with van der Waals surface area (Å²) in [5.41, 5.74) is 2.98. The van der Waals surface area contributed by atoms with Crippen molar-refractivity contribution >= 4 is 28.7 Å². The molecule has 2 fully saturated rings. The normalized spacial score (nSPS) is 17.7. The van der Waals surface area contributed by atoms with Crippen LogP contribution in [0.4, 0.5) is 5.95 Å². The SMILES string of the molecule is O=C1CCC(=O)N1CCN1CCN(c2nc(-c3ccccc3)c3ccccc3n2)CC1. The van der Waals surface area contributed by atoms with Crippen molar-refractivity contribution in [1.29, 1.82) is 0 Å². The van der Waals surface area contributed by atoms with Gasteiger partial charge in [-0.05, 0) is 6.07 Å². The van der Waals surface area contributed by atoms with Gasteiger partial charge in [-0.15, -0.1) is 0 Å². The maximum absolute atomic E-state index is 11.8. The Kier molecular flexibility index (Phi) is 5.34. The van der Waals surface area contributed by atoms with Crippen LogP contribution < -0.4 is 4.90 Å². The van der Waals surface area contributed by atoms with Gasteiger partial charge in [-0.3, -0.25) is 19.4 Å². The number of benzene rings is 2. The molecule has 2 aromatic carbocycles. The fraction of sp³-hybridized carbons (Fsp3) is 0.333. The summed E-state index contributed by atoms with van der Waals surface area (Å²) in [6.07, 6.45) is 0.714. The zero-order valence-corrected chi connectivity index (χ0v) is 17.4. The number of carbonyl (C=O) groups is 2. The number of likely N-dealkylation sites (tertiary alicyclic amines) is 1. The minimum atomic E-state index is -0.0401. The summed E-state index contributed by atoms with van der Waals surface area (Å²) in [5.74, 6) is 0.672. The molecule has 1 aromatic heterocycles. The second-order valence-corrected chi connectivity index (χ2v) is 8.02. The smallest absolute Gasteiger partial charge is 0.229 e. The highest BCUT2D eigenvalue weighted by atomic mass is 16.2. The molecule has 0 atom stereocenters. The van der Waals surface area contributed by atoms with Crippen LogP contribution in [0.5, 0.6) is 0 Å². The van der Waals surface area contributed by atoms with Crippen LogP contribution in [-0.2, 0) is 9.59 Å². The van der Waals surface area contributed by atoms with Crippen molar-refractivity contribution in [2.75, 3.05) is 44.2 Å². The second-order valence-electron chi connectivity index (χ2n) is 8.02. The lowest BCUT2D eigenvalue weighted by Gasteiger charge is -2.35. The first-order valence-corrected chi connectivity index (χ1v) is 10.8. The highest BCUT2D eigenvalue weighted by molar-refractivity contribution is 6.01. The van der Waals surface area contributed by atoms with Crippen molar-refractivity contribution in [3.05, 3.63) is 54.6 Å². The molecular formula is C24H25N5O2. The first-order chi connectivity index (χ1) is 15.2. The summed E-state index contributed by atoms with van der Waals surface area (Å²) in [4.78, 5) is 39.3. The van der Waals surface area contributed by atoms with Crippen molar-refractivity contribution < 1.29 is 9.59 Å². The van der Waals surface area contributed by atoms with Gasteiger partial charge in [0.15, 0.2) is 0 Å². The van der Waals surface area contributed by atoms with Gasteiger partial charge in [0.2, 0.25) is 17.8 Å². The Morgan fingerprint density at radius 2 is 1.42 bits per heavy atom. The van der Waals surface area contributed by atoms with Crippen LogP contribution in [-0.4, -0.2) is 70.9 Å². The number of aromatic nitrogens is 2. The molecule has 5 rings (SSSR count). The van der Waals surface area contributed by atoms with Gasteiger partial charge >= 0.3 is 0 Å².